The Labute approximate surface area is 121 Å². The number of rotatable bonds is 4. The molecule has 2 nitrogen and oxygen atoms in total. The molecule has 0 heterocycles. The molecule has 0 radical (unpaired) electrons. The van der Waals surface area contributed by atoms with Crippen LogP contribution in [0.3, 0.4) is 0 Å². The molecule has 0 saturated carbocycles. The minimum Gasteiger partial charge on any atom is -0.399 e. The molecule has 0 atom stereocenters. The molecule has 0 aliphatic heterocycles. The van der Waals surface area contributed by atoms with E-state index in [1.54, 1.807) is 0 Å². The lowest BCUT2D eigenvalue weighted by atomic mass is 9.93. The van der Waals surface area contributed by atoms with Gasteiger partial charge in [-0.1, -0.05) is 42.5 Å². The smallest absolute Gasteiger partial charge is 0.0887 e. The Balaban J connectivity index is 2.25. The topological polar surface area (TPSA) is 35.2 Å². The Hall–Kier alpha value is -1.80. The van der Waals surface area contributed by atoms with Gasteiger partial charge in [-0.25, -0.2) is 0 Å². The average Bonchev–Trinajstić information content (AvgIpc) is 2.39. The Bertz CT molecular complexity index is 556. The van der Waals surface area contributed by atoms with E-state index in [4.69, 9.17) is 10.5 Å². The molecule has 2 rings (SSSR count). The van der Waals surface area contributed by atoms with E-state index >= 15 is 0 Å². The number of hydrogen-bond acceptors (Lipinski definition) is 2. The Morgan fingerprint density at radius 1 is 0.700 bits per heavy atom. The second-order valence-electron chi connectivity index (χ2n) is 6.11. The molecular weight excluding hydrogens is 246 g/mol. The van der Waals surface area contributed by atoms with Crippen LogP contribution in [0.2, 0.25) is 0 Å². The second-order valence-corrected chi connectivity index (χ2v) is 6.11. The van der Waals surface area contributed by atoms with E-state index in [-0.39, 0.29) is 11.2 Å². The van der Waals surface area contributed by atoms with Gasteiger partial charge in [0.1, 0.15) is 0 Å². The molecule has 0 aliphatic carbocycles. The maximum atomic E-state index is 6.40. The average molecular weight is 269 g/mol. The number of hydrogen-bond donors (Lipinski definition) is 1. The maximum absolute atomic E-state index is 6.40. The zero-order valence-corrected chi connectivity index (χ0v) is 12.7. The summed E-state index contributed by atoms with van der Waals surface area (Å²) in [5.74, 6) is 0. The largest absolute Gasteiger partial charge is 0.399 e. The summed E-state index contributed by atoms with van der Waals surface area (Å²) >= 11 is 0. The van der Waals surface area contributed by atoms with Crippen molar-refractivity contribution in [2.24, 2.45) is 0 Å². The van der Waals surface area contributed by atoms with Gasteiger partial charge in [-0.05, 0) is 51.0 Å². The van der Waals surface area contributed by atoms with E-state index in [2.05, 4.69) is 39.8 Å². The number of nitrogens with two attached hydrogens (primary N) is 1. The maximum Gasteiger partial charge on any atom is 0.0887 e. The summed E-state index contributed by atoms with van der Waals surface area (Å²) in [5, 5.41) is 0. The molecule has 2 aromatic carbocycles. The fraction of sp³-hybridized carbons (Fsp3) is 0.333. The molecule has 2 N–H and O–H groups in total. The Morgan fingerprint density at radius 2 is 1.15 bits per heavy atom. The summed E-state index contributed by atoms with van der Waals surface area (Å²) < 4.78 is 6.40. The lowest BCUT2D eigenvalue weighted by Crippen LogP contribution is -2.33. The van der Waals surface area contributed by atoms with Gasteiger partial charge in [0.15, 0.2) is 0 Å². The van der Waals surface area contributed by atoms with Crippen LogP contribution in [0.4, 0.5) is 5.69 Å². The third-order valence-corrected chi connectivity index (χ3v) is 3.59. The van der Waals surface area contributed by atoms with Crippen molar-refractivity contribution in [2.75, 3.05) is 5.73 Å². The number of nitrogen functional groups attached to an aromatic ring is 1. The first-order valence-electron chi connectivity index (χ1n) is 6.93. The van der Waals surface area contributed by atoms with E-state index < -0.39 is 0 Å². The molecular formula is C18H23NO. The van der Waals surface area contributed by atoms with Gasteiger partial charge in [-0.3, -0.25) is 0 Å². The third kappa shape index (κ3) is 3.20. The highest BCUT2D eigenvalue weighted by Gasteiger charge is 2.31. The van der Waals surface area contributed by atoms with E-state index in [1.807, 2.05) is 42.5 Å². The van der Waals surface area contributed by atoms with Gasteiger partial charge in [-0.15, -0.1) is 0 Å². The molecule has 0 aliphatic rings. The molecule has 0 saturated heterocycles. The molecule has 20 heavy (non-hydrogen) atoms. The Morgan fingerprint density at radius 3 is 1.65 bits per heavy atom. The normalized spacial score (nSPS) is 12.4. The Kier molecular flexibility index (Phi) is 3.87. The van der Waals surface area contributed by atoms with E-state index in [1.165, 1.54) is 5.56 Å². The van der Waals surface area contributed by atoms with Crippen molar-refractivity contribution in [3.05, 3.63) is 65.7 Å². The number of ether oxygens (including phenoxy) is 1. The predicted molar refractivity (Wildman–Crippen MR) is 84.4 cm³/mol. The summed E-state index contributed by atoms with van der Waals surface area (Å²) in [6, 6.07) is 18.2. The van der Waals surface area contributed by atoms with Crippen LogP contribution >= 0.6 is 0 Å². The highest BCUT2D eigenvalue weighted by atomic mass is 16.5. The summed E-state index contributed by atoms with van der Waals surface area (Å²) in [4.78, 5) is 0. The second kappa shape index (κ2) is 5.29. The van der Waals surface area contributed by atoms with Crippen LogP contribution < -0.4 is 5.73 Å². The van der Waals surface area contributed by atoms with Crippen molar-refractivity contribution in [2.45, 2.75) is 38.9 Å². The zero-order chi connectivity index (χ0) is 14.8. The van der Waals surface area contributed by atoms with Crippen LogP contribution in [0.1, 0.15) is 38.8 Å². The van der Waals surface area contributed by atoms with Crippen molar-refractivity contribution in [3.8, 4) is 0 Å². The summed E-state index contributed by atoms with van der Waals surface area (Å²) in [6.45, 7) is 8.37. The van der Waals surface area contributed by atoms with E-state index in [0.717, 1.165) is 11.3 Å². The van der Waals surface area contributed by atoms with E-state index in [0.29, 0.717) is 0 Å². The summed E-state index contributed by atoms with van der Waals surface area (Å²) in [6.07, 6.45) is 0. The van der Waals surface area contributed by atoms with Crippen LogP contribution in [0.15, 0.2) is 54.6 Å². The predicted octanol–water partition coefficient (Wildman–Crippen LogP) is 4.46. The summed E-state index contributed by atoms with van der Waals surface area (Å²) in [5.41, 5.74) is 8.07. The van der Waals surface area contributed by atoms with Gasteiger partial charge in [0.25, 0.3) is 0 Å². The lowest BCUT2D eigenvalue weighted by Gasteiger charge is -2.37. The molecule has 0 unspecified atom stereocenters. The van der Waals surface area contributed by atoms with Gasteiger partial charge >= 0.3 is 0 Å². The van der Waals surface area contributed by atoms with Crippen molar-refractivity contribution >= 4 is 5.69 Å². The highest BCUT2D eigenvalue weighted by molar-refractivity contribution is 5.40. The fourth-order valence-corrected chi connectivity index (χ4v) is 2.48. The minimum atomic E-state index is -0.382. The SMILES string of the molecule is CC(C)(OC(C)(C)c1ccc(N)cc1)c1ccccc1. The van der Waals surface area contributed by atoms with Gasteiger partial charge in [0.2, 0.25) is 0 Å². The van der Waals surface area contributed by atoms with Gasteiger partial charge in [-0.2, -0.15) is 0 Å². The molecule has 106 valence electrons. The van der Waals surface area contributed by atoms with Gasteiger partial charge < -0.3 is 10.5 Å². The molecule has 0 aromatic heterocycles. The first-order valence-corrected chi connectivity index (χ1v) is 6.93. The molecule has 2 heteroatoms. The molecule has 0 amide bonds. The van der Waals surface area contributed by atoms with E-state index in [9.17, 15) is 0 Å². The van der Waals surface area contributed by atoms with Gasteiger partial charge in [0, 0.05) is 5.69 Å². The molecule has 0 spiro atoms. The number of anilines is 1. The third-order valence-electron chi connectivity index (χ3n) is 3.59. The first kappa shape index (κ1) is 14.6. The summed E-state index contributed by atoms with van der Waals surface area (Å²) in [7, 11) is 0. The van der Waals surface area contributed by atoms with Crippen LogP contribution in [0.5, 0.6) is 0 Å². The molecule has 0 bridgehead atoms. The monoisotopic (exact) mass is 269 g/mol. The van der Waals surface area contributed by atoms with Crippen LogP contribution in [0, 0.1) is 0 Å². The standard InChI is InChI=1S/C18H23NO/c1-17(2,14-8-6-5-7-9-14)20-18(3,4)15-10-12-16(19)13-11-15/h5-13H,19H2,1-4H3. The lowest BCUT2D eigenvalue weighted by molar-refractivity contribution is -0.132. The zero-order valence-electron chi connectivity index (χ0n) is 12.7. The van der Waals surface area contributed by atoms with Crippen molar-refractivity contribution < 1.29 is 4.74 Å². The van der Waals surface area contributed by atoms with Crippen LogP contribution in [-0.4, -0.2) is 0 Å². The molecule has 0 fully saturated rings. The van der Waals surface area contributed by atoms with Crippen molar-refractivity contribution in [1.82, 2.24) is 0 Å². The first-order chi connectivity index (χ1) is 9.31. The quantitative estimate of drug-likeness (QED) is 0.832. The number of benzene rings is 2. The van der Waals surface area contributed by atoms with Crippen molar-refractivity contribution in [1.29, 1.82) is 0 Å². The fourth-order valence-electron chi connectivity index (χ4n) is 2.48. The van der Waals surface area contributed by atoms with Crippen LogP contribution in [0.25, 0.3) is 0 Å². The minimum absolute atomic E-state index is 0.355. The van der Waals surface area contributed by atoms with Crippen molar-refractivity contribution in [3.63, 3.8) is 0 Å². The highest BCUT2D eigenvalue weighted by Crippen LogP contribution is 2.35. The van der Waals surface area contributed by atoms with Crippen LogP contribution in [-0.2, 0) is 15.9 Å². The van der Waals surface area contributed by atoms with Gasteiger partial charge in [0.05, 0.1) is 11.2 Å². The molecule has 2 aromatic rings.